The topological polar surface area (TPSA) is 158 Å². The molecule has 41 heavy (non-hydrogen) atoms. The molecule has 4 aromatic rings. The van der Waals surface area contributed by atoms with Gasteiger partial charge in [0.15, 0.2) is 5.78 Å². The van der Waals surface area contributed by atoms with Crippen LogP contribution in [-0.4, -0.2) is 62.0 Å². The maximum atomic E-state index is 13.0. The van der Waals surface area contributed by atoms with E-state index in [9.17, 15) is 24.5 Å². The van der Waals surface area contributed by atoms with Crippen LogP contribution >= 0.6 is 11.6 Å². The van der Waals surface area contributed by atoms with Gasteiger partial charge in [-0.3, -0.25) is 29.1 Å². The molecule has 5 rings (SSSR count). The number of Topliss-reactive ketones (excluding diaryl/α,β-unsaturated/α-hetero) is 1. The van der Waals surface area contributed by atoms with Gasteiger partial charge in [-0.15, -0.1) is 0 Å². The second kappa shape index (κ2) is 11.5. The number of ether oxygens (including phenoxy) is 1. The number of carbonyl (C=O) groups is 3. The average Bonchev–Trinajstić information content (AvgIpc) is 3.34. The van der Waals surface area contributed by atoms with Gasteiger partial charge in [-0.05, 0) is 44.0 Å². The van der Waals surface area contributed by atoms with Gasteiger partial charge in [0.2, 0.25) is 5.95 Å². The Bertz CT molecular complexity index is 1690. The second-order valence-corrected chi connectivity index (χ2v) is 10.1. The molecule has 212 valence electrons. The number of carboxylic acids is 1. The summed E-state index contributed by atoms with van der Waals surface area (Å²) in [5.74, 6) is -1.25. The number of carboxylic acid groups (broad SMARTS) is 1. The van der Waals surface area contributed by atoms with Crippen molar-refractivity contribution in [2.75, 3.05) is 24.6 Å². The van der Waals surface area contributed by atoms with Crippen molar-refractivity contribution in [3.63, 3.8) is 0 Å². The Morgan fingerprint density at radius 1 is 1.10 bits per heavy atom. The van der Waals surface area contributed by atoms with Crippen LogP contribution in [0.15, 0.2) is 42.6 Å². The van der Waals surface area contributed by atoms with Crippen molar-refractivity contribution in [3.05, 3.63) is 63.3 Å². The van der Waals surface area contributed by atoms with E-state index >= 15 is 0 Å². The molecule has 0 radical (unpaired) electrons. The van der Waals surface area contributed by atoms with Crippen LogP contribution in [0.1, 0.15) is 43.0 Å². The van der Waals surface area contributed by atoms with Crippen LogP contribution in [0.2, 0.25) is 5.02 Å². The van der Waals surface area contributed by atoms with Crippen molar-refractivity contribution in [1.29, 1.82) is 0 Å². The van der Waals surface area contributed by atoms with Gasteiger partial charge < -0.3 is 14.7 Å². The molecule has 12 nitrogen and oxygen atoms in total. The van der Waals surface area contributed by atoms with Crippen LogP contribution in [0, 0.1) is 16.0 Å². The smallest absolute Gasteiger partial charge is 0.309 e. The van der Waals surface area contributed by atoms with Gasteiger partial charge in [0.1, 0.15) is 5.82 Å². The summed E-state index contributed by atoms with van der Waals surface area (Å²) < 4.78 is 6.82. The lowest BCUT2D eigenvalue weighted by Gasteiger charge is -2.32. The van der Waals surface area contributed by atoms with Crippen LogP contribution in [-0.2, 0) is 14.3 Å². The van der Waals surface area contributed by atoms with Crippen molar-refractivity contribution in [1.82, 2.24) is 14.5 Å². The van der Waals surface area contributed by atoms with Crippen molar-refractivity contribution >= 4 is 62.6 Å². The Kier molecular flexibility index (Phi) is 7.84. The van der Waals surface area contributed by atoms with Gasteiger partial charge in [0, 0.05) is 59.2 Å². The Morgan fingerprint density at radius 2 is 1.85 bits per heavy atom. The number of esters is 1. The molecule has 1 N–H and O–H groups in total. The van der Waals surface area contributed by atoms with Crippen molar-refractivity contribution < 1.29 is 29.2 Å². The number of carbonyl (C=O) groups excluding carboxylic acids is 2. The molecule has 0 unspecified atom stereocenters. The highest BCUT2D eigenvalue weighted by molar-refractivity contribution is 6.31. The number of ketones is 1. The van der Waals surface area contributed by atoms with E-state index in [1.165, 1.54) is 12.1 Å². The predicted molar refractivity (Wildman–Crippen MR) is 151 cm³/mol. The lowest BCUT2D eigenvalue weighted by atomic mass is 9.97. The highest BCUT2D eigenvalue weighted by Crippen LogP contribution is 2.34. The number of anilines is 1. The minimum absolute atomic E-state index is 0.108. The Morgan fingerprint density at radius 3 is 2.54 bits per heavy atom. The fourth-order valence-corrected chi connectivity index (χ4v) is 5.25. The molecule has 3 heterocycles. The number of halogens is 1. The largest absolute Gasteiger partial charge is 0.481 e. The standard InChI is InChI=1S/C28H26ClN5O7/c1-2-41-27(38)16-9-11-32(12-10-16)26-20-14-18(34(39)40)4-5-22(20)30-28(31-26)33-15-21(24(35)7-8-25(36)37)19-13-17(29)3-6-23(19)33/h3-6,13-16H,2,7-12H2,1H3,(H,36,37). The maximum absolute atomic E-state index is 13.0. The molecule has 0 spiro atoms. The van der Waals surface area contributed by atoms with E-state index in [2.05, 4.69) is 4.98 Å². The lowest BCUT2D eigenvalue weighted by Crippen LogP contribution is -2.37. The summed E-state index contributed by atoms with van der Waals surface area (Å²) in [6.45, 7) is 3.01. The molecule has 0 atom stereocenters. The summed E-state index contributed by atoms with van der Waals surface area (Å²) in [6, 6.07) is 9.36. The zero-order valence-corrected chi connectivity index (χ0v) is 22.8. The zero-order chi connectivity index (χ0) is 29.3. The van der Waals surface area contributed by atoms with Crippen LogP contribution in [0.3, 0.4) is 0 Å². The summed E-state index contributed by atoms with van der Waals surface area (Å²) in [6.07, 6.45) is 2.12. The number of hydrogen-bond acceptors (Lipinski definition) is 9. The fraction of sp³-hybridized carbons (Fsp3) is 0.321. The zero-order valence-electron chi connectivity index (χ0n) is 22.1. The Labute approximate surface area is 238 Å². The Hall–Kier alpha value is -4.58. The molecule has 1 aliphatic rings. The van der Waals surface area contributed by atoms with Gasteiger partial charge in [-0.1, -0.05) is 11.6 Å². The molecule has 1 aliphatic heterocycles. The molecule has 2 aromatic carbocycles. The first-order valence-electron chi connectivity index (χ1n) is 13.1. The molecular formula is C28H26ClN5O7. The normalized spacial score (nSPS) is 14.0. The summed E-state index contributed by atoms with van der Waals surface area (Å²) >= 11 is 6.24. The number of nitro groups is 1. The second-order valence-electron chi connectivity index (χ2n) is 9.71. The van der Waals surface area contributed by atoms with Gasteiger partial charge in [0.05, 0.1) is 34.9 Å². The van der Waals surface area contributed by atoms with Crippen LogP contribution in [0.4, 0.5) is 11.5 Å². The van der Waals surface area contributed by atoms with Crippen molar-refractivity contribution in [2.45, 2.75) is 32.6 Å². The van der Waals surface area contributed by atoms with Crippen molar-refractivity contribution in [2.24, 2.45) is 5.92 Å². The fourth-order valence-electron chi connectivity index (χ4n) is 5.08. The number of non-ortho nitro benzene ring substituents is 1. The molecule has 13 heteroatoms. The third-order valence-electron chi connectivity index (χ3n) is 7.12. The molecule has 0 saturated carbocycles. The Balaban J connectivity index is 1.62. The van der Waals surface area contributed by atoms with E-state index in [1.807, 2.05) is 4.90 Å². The number of piperidine rings is 1. The van der Waals surface area contributed by atoms with E-state index in [0.29, 0.717) is 65.2 Å². The third kappa shape index (κ3) is 5.68. The molecule has 0 bridgehead atoms. The van der Waals surface area contributed by atoms with Crippen LogP contribution in [0.5, 0.6) is 0 Å². The van der Waals surface area contributed by atoms with E-state index in [4.69, 9.17) is 26.4 Å². The van der Waals surface area contributed by atoms with E-state index in [-0.39, 0.29) is 47.7 Å². The number of aliphatic carboxylic acids is 1. The molecule has 1 fully saturated rings. The van der Waals surface area contributed by atoms with Gasteiger partial charge in [0.25, 0.3) is 5.69 Å². The minimum atomic E-state index is -1.08. The first-order chi connectivity index (χ1) is 19.7. The number of nitro benzene ring substituents is 1. The average molecular weight is 580 g/mol. The van der Waals surface area contributed by atoms with Gasteiger partial charge in [-0.25, -0.2) is 4.98 Å². The van der Waals surface area contributed by atoms with E-state index in [1.54, 1.807) is 42.0 Å². The number of hydrogen-bond donors (Lipinski definition) is 1. The van der Waals surface area contributed by atoms with Gasteiger partial charge >= 0.3 is 11.9 Å². The van der Waals surface area contributed by atoms with Crippen LogP contribution < -0.4 is 4.90 Å². The summed E-state index contributed by atoms with van der Waals surface area (Å²) in [5.41, 5.74) is 1.22. The SMILES string of the molecule is CCOC(=O)C1CCN(c2nc(-n3cc(C(=O)CCC(=O)O)c4cc(Cl)ccc43)nc3ccc([N+](=O)[O-])cc23)CC1. The molecule has 2 aromatic heterocycles. The van der Waals surface area contributed by atoms with E-state index < -0.39 is 10.9 Å². The summed E-state index contributed by atoms with van der Waals surface area (Å²) in [5, 5.41) is 22.0. The maximum Gasteiger partial charge on any atom is 0.309 e. The lowest BCUT2D eigenvalue weighted by molar-refractivity contribution is -0.384. The highest BCUT2D eigenvalue weighted by Gasteiger charge is 2.29. The minimum Gasteiger partial charge on any atom is -0.481 e. The molecule has 0 amide bonds. The molecular weight excluding hydrogens is 554 g/mol. The van der Waals surface area contributed by atoms with Gasteiger partial charge in [-0.2, -0.15) is 4.98 Å². The number of aromatic nitrogens is 3. The molecule has 0 aliphatic carbocycles. The summed E-state index contributed by atoms with van der Waals surface area (Å²) in [7, 11) is 0. The molecule has 1 saturated heterocycles. The highest BCUT2D eigenvalue weighted by atomic mass is 35.5. The number of nitrogens with zero attached hydrogens (tertiary/aromatic N) is 5. The number of benzene rings is 2. The van der Waals surface area contributed by atoms with Crippen molar-refractivity contribution in [3.8, 4) is 5.95 Å². The third-order valence-corrected chi connectivity index (χ3v) is 7.36. The monoisotopic (exact) mass is 579 g/mol. The summed E-state index contributed by atoms with van der Waals surface area (Å²) in [4.78, 5) is 58.9. The predicted octanol–water partition coefficient (Wildman–Crippen LogP) is 4.96. The first-order valence-corrected chi connectivity index (χ1v) is 13.5. The van der Waals surface area contributed by atoms with Crippen LogP contribution in [0.25, 0.3) is 27.8 Å². The van der Waals surface area contributed by atoms with E-state index in [0.717, 1.165) is 0 Å². The quantitative estimate of drug-likeness (QED) is 0.124. The number of rotatable bonds is 9. The first kappa shape index (κ1) is 28.0. The number of fused-ring (bicyclic) bond motifs is 2.